The van der Waals surface area contributed by atoms with Gasteiger partial charge in [0.05, 0.1) is 25.0 Å². The molecule has 116 valence electrons. The van der Waals surface area contributed by atoms with Crippen molar-refractivity contribution in [2.75, 3.05) is 39.5 Å². The molecule has 21 heavy (non-hydrogen) atoms. The first kappa shape index (κ1) is 13.5. The number of fused-ring (bicyclic) bond motifs is 1. The maximum absolute atomic E-state index is 12.3. The van der Waals surface area contributed by atoms with Gasteiger partial charge in [0.25, 0.3) is 0 Å². The van der Waals surface area contributed by atoms with Gasteiger partial charge in [-0.15, -0.1) is 0 Å². The third kappa shape index (κ3) is 2.25. The van der Waals surface area contributed by atoms with Gasteiger partial charge in [0, 0.05) is 25.6 Å². The van der Waals surface area contributed by atoms with E-state index in [1.54, 1.807) is 0 Å². The fourth-order valence-electron chi connectivity index (χ4n) is 4.48. The van der Waals surface area contributed by atoms with Crippen LogP contribution >= 0.6 is 0 Å². The molecule has 4 fully saturated rings. The molecule has 2 aliphatic carbocycles. The van der Waals surface area contributed by atoms with Gasteiger partial charge in [-0.2, -0.15) is 0 Å². The van der Waals surface area contributed by atoms with Crippen LogP contribution in [0.4, 0.5) is 0 Å². The number of ether oxygens (including phenoxy) is 3. The van der Waals surface area contributed by atoms with E-state index in [4.69, 9.17) is 14.2 Å². The van der Waals surface area contributed by atoms with Gasteiger partial charge in [-0.1, -0.05) is 0 Å². The van der Waals surface area contributed by atoms with Crippen LogP contribution in [-0.4, -0.2) is 62.4 Å². The van der Waals surface area contributed by atoms with Gasteiger partial charge in [0.15, 0.2) is 0 Å². The van der Waals surface area contributed by atoms with Gasteiger partial charge in [-0.3, -0.25) is 14.5 Å². The van der Waals surface area contributed by atoms with Crippen LogP contribution < -0.4 is 0 Å². The van der Waals surface area contributed by atoms with Crippen LogP contribution in [0.5, 0.6) is 0 Å². The largest absolute Gasteiger partial charge is 0.464 e. The molecule has 5 atom stereocenters. The van der Waals surface area contributed by atoms with Crippen LogP contribution in [0.25, 0.3) is 0 Å². The van der Waals surface area contributed by atoms with E-state index in [0.29, 0.717) is 6.61 Å². The van der Waals surface area contributed by atoms with Crippen molar-refractivity contribution in [3.63, 3.8) is 0 Å². The Labute approximate surface area is 123 Å². The number of morpholine rings is 1. The summed E-state index contributed by atoms with van der Waals surface area (Å²) in [5.74, 6) is 0.108. The molecule has 2 aliphatic heterocycles. The molecule has 2 heterocycles. The molecule has 2 saturated carbocycles. The lowest BCUT2D eigenvalue weighted by atomic mass is 9.82. The fourth-order valence-corrected chi connectivity index (χ4v) is 4.48. The highest BCUT2D eigenvalue weighted by Gasteiger charge is 2.64. The molecular weight excluding hydrogens is 274 g/mol. The van der Waals surface area contributed by atoms with E-state index in [0.717, 1.165) is 45.7 Å². The van der Waals surface area contributed by atoms with Gasteiger partial charge in [-0.25, -0.2) is 0 Å². The van der Waals surface area contributed by atoms with Crippen molar-refractivity contribution in [3.05, 3.63) is 0 Å². The van der Waals surface area contributed by atoms with Gasteiger partial charge in [-0.05, 0) is 18.8 Å². The van der Waals surface area contributed by atoms with Crippen molar-refractivity contribution in [1.82, 2.24) is 4.90 Å². The highest BCUT2D eigenvalue weighted by molar-refractivity contribution is 5.81. The standard InChI is InChI=1S/C15H21NO5/c17-14-11-8-9-7-10(11)13(21-14)12(9)15(18)20-6-3-16-1-4-19-5-2-16/h9-13H,1-8H2. The molecule has 0 aromatic heterocycles. The molecule has 6 heteroatoms. The van der Waals surface area contributed by atoms with Crippen LogP contribution in [0.1, 0.15) is 12.8 Å². The summed E-state index contributed by atoms with van der Waals surface area (Å²) in [5.41, 5.74) is 0. The Morgan fingerprint density at radius 1 is 1.29 bits per heavy atom. The smallest absolute Gasteiger partial charge is 0.313 e. The molecule has 0 spiro atoms. The molecule has 4 rings (SSSR count). The average Bonchev–Trinajstić information content (AvgIpc) is 3.10. The minimum atomic E-state index is -0.220. The molecule has 0 aromatic rings. The zero-order valence-electron chi connectivity index (χ0n) is 12.0. The Kier molecular flexibility index (Phi) is 3.38. The Morgan fingerprint density at radius 2 is 2.10 bits per heavy atom. The average molecular weight is 295 g/mol. The zero-order chi connectivity index (χ0) is 14.4. The number of carbonyl (C=O) groups is 2. The quantitative estimate of drug-likeness (QED) is 0.683. The second-order valence-electron chi connectivity index (χ2n) is 6.55. The van der Waals surface area contributed by atoms with E-state index in [2.05, 4.69) is 4.90 Å². The lowest BCUT2D eigenvalue weighted by Crippen LogP contribution is -2.40. The van der Waals surface area contributed by atoms with Gasteiger partial charge in [0.1, 0.15) is 12.7 Å². The van der Waals surface area contributed by atoms with Crippen molar-refractivity contribution in [1.29, 1.82) is 0 Å². The van der Waals surface area contributed by atoms with E-state index in [1.807, 2.05) is 0 Å². The van der Waals surface area contributed by atoms with Crippen LogP contribution in [0.15, 0.2) is 0 Å². The molecule has 5 unspecified atom stereocenters. The number of nitrogens with zero attached hydrogens (tertiary/aromatic N) is 1. The van der Waals surface area contributed by atoms with Crippen LogP contribution in [0.3, 0.4) is 0 Å². The third-order valence-electron chi connectivity index (χ3n) is 5.51. The lowest BCUT2D eigenvalue weighted by molar-refractivity contribution is -0.157. The second-order valence-corrected chi connectivity index (χ2v) is 6.55. The van der Waals surface area contributed by atoms with Crippen LogP contribution in [-0.2, 0) is 23.8 Å². The Hall–Kier alpha value is -1.14. The number of hydrogen-bond donors (Lipinski definition) is 0. The zero-order valence-corrected chi connectivity index (χ0v) is 12.0. The van der Waals surface area contributed by atoms with E-state index in [-0.39, 0.29) is 41.7 Å². The molecule has 0 N–H and O–H groups in total. The summed E-state index contributed by atoms with van der Waals surface area (Å²) in [7, 11) is 0. The molecular formula is C15H21NO5. The number of hydrogen-bond acceptors (Lipinski definition) is 6. The predicted molar refractivity (Wildman–Crippen MR) is 71.3 cm³/mol. The second kappa shape index (κ2) is 5.25. The van der Waals surface area contributed by atoms with Gasteiger partial charge in [0.2, 0.25) is 0 Å². The molecule has 6 nitrogen and oxygen atoms in total. The Bertz CT molecular complexity index is 447. The molecule has 0 aromatic carbocycles. The van der Waals surface area contributed by atoms with Crippen LogP contribution in [0, 0.1) is 23.7 Å². The van der Waals surface area contributed by atoms with E-state index in [9.17, 15) is 9.59 Å². The Balaban J connectivity index is 1.29. The topological polar surface area (TPSA) is 65.1 Å². The van der Waals surface area contributed by atoms with E-state index >= 15 is 0 Å². The highest BCUT2D eigenvalue weighted by Crippen LogP contribution is 2.57. The molecule has 2 saturated heterocycles. The minimum absolute atomic E-state index is 0.0531. The maximum atomic E-state index is 12.3. The van der Waals surface area contributed by atoms with Crippen molar-refractivity contribution < 1.29 is 23.8 Å². The number of esters is 2. The van der Waals surface area contributed by atoms with E-state index < -0.39 is 0 Å². The van der Waals surface area contributed by atoms with Crippen LogP contribution in [0.2, 0.25) is 0 Å². The van der Waals surface area contributed by atoms with Crippen molar-refractivity contribution in [2.24, 2.45) is 23.7 Å². The SMILES string of the molecule is O=C1OC2C3CC(CC13)C2C(=O)OCCN1CCOCC1. The van der Waals surface area contributed by atoms with Gasteiger partial charge >= 0.3 is 11.9 Å². The summed E-state index contributed by atoms with van der Waals surface area (Å²) in [6, 6.07) is 0. The monoisotopic (exact) mass is 295 g/mol. The summed E-state index contributed by atoms with van der Waals surface area (Å²) >= 11 is 0. The van der Waals surface area contributed by atoms with Gasteiger partial charge < -0.3 is 14.2 Å². The molecule has 2 bridgehead atoms. The summed E-state index contributed by atoms with van der Waals surface area (Å²) in [5, 5.41) is 0. The normalized spacial score (nSPS) is 41.3. The first-order valence-electron chi connectivity index (χ1n) is 7.91. The highest BCUT2D eigenvalue weighted by atomic mass is 16.6. The summed E-state index contributed by atoms with van der Waals surface area (Å²) in [6.45, 7) is 4.46. The Morgan fingerprint density at radius 3 is 2.90 bits per heavy atom. The lowest BCUT2D eigenvalue weighted by Gasteiger charge is -2.27. The van der Waals surface area contributed by atoms with E-state index in [1.165, 1.54) is 0 Å². The third-order valence-corrected chi connectivity index (χ3v) is 5.51. The van der Waals surface area contributed by atoms with Crippen molar-refractivity contribution in [3.8, 4) is 0 Å². The number of carbonyl (C=O) groups excluding carboxylic acids is 2. The molecule has 0 amide bonds. The molecule has 0 radical (unpaired) electrons. The van der Waals surface area contributed by atoms with Crippen molar-refractivity contribution in [2.45, 2.75) is 18.9 Å². The summed E-state index contributed by atoms with van der Waals surface area (Å²) in [4.78, 5) is 26.2. The first-order chi connectivity index (χ1) is 10.2. The predicted octanol–water partition coefficient (Wildman–Crippen LogP) is 0.0594. The maximum Gasteiger partial charge on any atom is 0.313 e. The minimum Gasteiger partial charge on any atom is -0.464 e. The summed E-state index contributed by atoms with van der Waals surface area (Å²) in [6.07, 6.45) is 1.55. The van der Waals surface area contributed by atoms with Crippen molar-refractivity contribution >= 4 is 11.9 Å². The molecule has 4 aliphatic rings. The first-order valence-corrected chi connectivity index (χ1v) is 7.91. The number of rotatable bonds is 4. The fraction of sp³-hybridized carbons (Fsp3) is 0.867. The summed E-state index contributed by atoms with van der Waals surface area (Å²) < 4.78 is 16.1.